The summed E-state index contributed by atoms with van der Waals surface area (Å²) >= 11 is 2.03. The number of rotatable bonds is 0. The van der Waals surface area contributed by atoms with Gasteiger partial charge in [-0.15, -0.1) is 0 Å². The maximum absolute atomic E-state index is 10.9. The molecule has 1 spiro atoms. The number of carbonyl (C=O) groups excluding carboxylic acids is 1. The van der Waals surface area contributed by atoms with Crippen LogP contribution in [-0.4, -0.2) is 18.0 Å². The second-order valence-corrected chi connectivity index (χ2v) is 3.60. The van der Waals surface area contributed by atoms with Gasteiger partial charge in [-0.3, -0.25) is 4.79 Å². The first-order valence-electron chi connectivity index (χ1n) is 2.98. The number of epoxide rings is 1. The highest BCUT2D eigenvalue weighted by Gasteiger charge is 2.42. The molecule has 1 unspecified atom stereocenters. The van der Waals surface area contributed by atoms with E-state index in [0.717, 1.165) is 10.2 Å². The van der Waals surface area contributed by atoms with Crippen molar-refractivity contribution in [3.05, 3.63) is 21.8 Å². The number of allylic oxidation sites excluding steroid dienone is 2. The van der Waals surface area contributed by atoms with E-state index in [1.165, 1.54) is 0 Å². The number of hydrogen-bond acceptors (Lipinski definition) is 2. The van der Waals surface area contributed by atoms with Gasteiger partial charge in [-0.2, -0.15) is 0 Å². The zero-order valence-corrected chi connectivity index (χ0v) is 7.29. The third-order valence-electron chi connectivity index (χ3n) is 1.60. The van der Waals surface area contributed by atoms with Crippen LogP contribution in [0, 0.1) is 0 Å². The van der Waals surface area contributed by atoms with Crippen molar-refractivity contribution in [3.8, 4) is 0 Å². The average molecular weight is 248 g/mol. The normalized spacial score (nSPS) is 36.5. The van der Waals surface area contributed by atoms with Crippen LogP contribution in [0.3, 0.4) is 0 Å². The van der Waals surface area contributed by atoms with Crippen molar-refractivity contribution in [1.29, 1.82) is 0 Å². The summed E-state index contributed by atoms with van der Waals surface area (Å²) < 4.78 is 5.90. The van der Waals surface area contributed by atoms with E-state index < -0.39 is 0 Å². The van der Waals surface area contributed by atoms with E-state index in [2.05, 4.69) is 0 Å². The van der Waals surface area contributed by atoms with Crippen molar-refractivity contribution in [2.24, 2.45) is 0 Å². The van der Waals surface area contributed by atoms with Gasteiger partial charge in [0, 0.05) is 0 Å². The Balaban J connectivity index is 2.34. The van der Waals surface area contributed by atoms with Gasteiger partial charge in [0.2, 0.25) is 0 Å². The Hall–Kier alpha value is -0.160. The Kier molecular flexibility index (Phi) is 1.25. The van der Waals surface area contributed by atoms with E-state index in [4.69, 9.17) is 4.74 Å². The number of ketones is 1. The van der Waals surface area contributed by atoms with E-state index in [9.17, 15) is 4.79 Å². The molecule has 2 nitrogen and oxygen atoms in total. The Bertz CT molecular complexity index is 248. The topological polar surface area (TPSA) is 29.6 Å². The molecule has 2 aliphatic rings. The van der Waals surface area contributed by atoms with Crippen LogP contribution in [0.5, 0.6) is 0 Å². The van der Waals surface area contributed by atoms with Crippen LogP contribution in [0.1, 0.15) is 0 Å². The molecule has 0 aromatic heterocycles. The van der Waals surface area contributed by atoms with Crippen molar-refractivity contribution >= 4 is 28.4 Å². The summed E-state index contributed by atoms with van der Waals surface area (Å²) in [6, 6.07) is 0. The first-order valence-corrected chi connectivity index (χ1v) is 4.06. The van der Waals surface area contributed by atoms with Crippen molar-refractivity contribution in [2.75, 3.05) is 6.61 Å². The monoisotopic (exact) mass is 248 g/mol. The molecular weight excluding hydrogens is 243 g/mol. The van der Waals surface area contributed by atoms with Crippen LogP contribution < -0.4 is 0 Å². The minimum absolute atomic E-state index is 0.0849. The molecule has 1 saturated heterocycles. The zero-order valence-electron chi connectivity index (χ0n) is 5.13. The number of hydrogen-bond donors (Lipinski definition) is 0. The average Bonchev–Trinajstić information content (AvgIpc) is 2.62. The molecule has 0 aromatic rings. The minimum atomic E-state index is -0.190. The molecule has 0 N–H and O–H groups in total. The fourth-order valence-electron chi connectivity index (χ4n) is 0.893. The van der Waals surface area contributed by atoms with Gasteiger partial charge < -0.3 is 4.74 Å². The fraction of sp³-hybridized carbons (Fsp3) is 0.286. The molecular formula is C7H5IO2. The lowest BCUT2D eigenvalue weighted by Gasteiger charge is -2.04. The lowest BCUT2D eigenvalue weighted by Crippen LogP contribution is -2.10. The number of carbonyl (C=O) groups is 1. The van der Waals surface area contributed by atoms with E-state index in [0.29, 0.717) is 0 Å². The van der Waals surface area contributed by atoms with Crippen molar-refractivity contribution in [2.45, 2.75) is 5.60 Å². The van der Waals surface area contributed by atoms with Gasteiger partial charge in [-0.1, -0.05) is 0 Å². The maximum Gasteiger partial charge on any atom is 0.191 e. The van der Waals surface area contributed by atoms with Crippen LogP contribution in [-0.2, 0) is 9.53 Å². The van der Waals surface area contributed by atoms with Crippen LogP contribution in [0.15, 0.2) is 21.8 Å². The molecule has 0 saturated carbocycles. The van der Waals surface area contributed by atoms with E-state index >= 15 is 0 Å². The molecule has 10 heavy (non-hydrogen) atoms. The van der Waals surface area contributed by atoms with Crippen LogP contribution in [0.25, 0.3) is 0 Å². The Morgan fingerprint density at radius 3 is 2.90 bits per heavy atom. The first kappa shape index (κ1) is 6.54. The van der Waals surface area contributed by atoms with E-state index in [1.54, 1.807) is 6.08 Å². The molecule has 1 aliphatic carbocycles. The lowest BCUT2D eigenvalue weighted by atomic mass is 10.0. The van der Waals surface area contributed by atoms with Gasteiger partial charge in [0.25, 0.3) is 0 Å². The van der Waals surface area contributed by atoms with Crippen LogP contribution in [0.4, 0.5) is 0 Å². The van der Waals surface area contributed by atoms with Gasteiger partial charge in [0.15, 0.2) is 5.78 Å². The number of halogens is 1. The van der Waals surface area contributed by atoms with Gasteiger partial charge in [-0.05, 0) is 40.8 Å². The van der Waals surface area contributed by atoms with Gasteiger partial charge in [0.1, 0.15) is 5.60 Å². The summed E-state index contributed by atoms with van der Waals surface area (Å²) in [5.74, 6) is 0.0849. The molecule has 2 rings (SSSR count). The van der Waals surface area contributed by atoms with Crippen molar-refractivity contribution in [3.63, 3.8) is 0 Å². The largest absolute Gasteiger partial charge is 0.361 e. The number of ether oxygens (including phenoxy) is 1. The van der Waals surface area contributed by atoms with Crippen LogP contribution in [0.2, 0.25) is 0 Å². The molecule has 0 aromatic carbocycles. The SMILES string of the molecule is O=C1C=CC2(C=C1I)CO2. The molecule has 3 heteroatoms. The van der Waals surface area contributed by atoms with Crippen molar-refractivity contribution in [1.82, 2.24) is 0 Å². The minimum Gasteiger partial charge on any atom is -0.361 e. The van der Waals surface area contributed by atoms with E-state index in [1.807, 2.05) is 34.7 Å². The maximum atomic E-state index is 10.9. The molecule has 0 bridgehead atoms. The smallest absolute Gasteiger partial charge is 0.191 e. The summed E-state index contributed by atoms with van der Waals surface area (Å²) in [6.07, 6.45) is 5.27. The molecule has 1 aliphatic heterocycles. The van der Waals surface area contributed by atoms with E-state index in [-0.39, 0.29) is 11.4 Å². The summed E-state index contributed by atoms with van der Waals surface area (Å²) in [5.41, 5.74) is -0.190. The first-order chi connectivity index (χ1) is 4.72. The fourth-order valence-corrected chi connectivity index (χ4v) is 1.60. The highest BCUT2D eigenvalue weighted by molar-refractivity contribution is 14.1. The third-order valence-corrected chi connectivity index (χ3v) is 2.44. The Morgan fingerprint density at radius 2 is 2.40 bits per heavy atom. The lowest BCUT2D eigenvalue weighted by molar-refractivity contribution is -0.110. The van der Waals surface area contributed by atoms with Gasteiger partial charge >= 0.3 is 0 Å². The zero-order chi connectivity index (χ0) is 7.19. The quantitative estimate of drug-likeness (QED) is 0.476. The molecule has 1 heterocycles. The predicted octanol–water partition coefficient (Wildman–Crippen LogP) is 1.21. The van der Waals surface area contributed by atoms with Gasteiger partial charge in [0.05, 0.1) is 10.2 Å². The third kappa shape index (κ3) is 0.932. The Morgan fingerprint density at radius 1 is 1.70 bits per heavy atom. The second-order valence-electron chi connectivity index (χ2n) is 2.43. The molecule has 1 fully saturated rings. The Labute approximate surface area is 72.1 Å². The summed E-state index contributed by atoms with van der Waals surface area (Å²) in [5, 5.41) is 0. The highest BCUT2D eigenvalue weighted by atomic mass is 127. The standard InChI is InChI=1S/C7H5IO2/c8-5-3-7(4-10-7)2-1-6(5)9/h1-3H,4H2. The molecule has 0 radical (unpaired) electrons. The van der Waals surface area contributed by atoms with Gasteiger partial charge in [-0.25, -0.2) is 0 Å². The van der Waals surface area contributed by atoms with Crippen LogP contribution >= 0.6 is 22.6 Å². The summed E-state index contributed by atoms with van der Waals surface area (Å²) in [6.45, 7) is 0.725. The molecule has 0 amide bonds. The summed E-state index contributed by atoms with van der Waals surface area (Å²) in [7, 11) is 0. The predicted molar refractivity (Wildman–Crippen MR) is 44.9 cm³/mol. The molecule has 52 valence electrons. The van der Waals surface area contributed by atoms with Crippen molar-refractivity contribution < 1.29 is 9.53 Å². The molecule has 1 atom stereocenters. The highest BCUT2D eigenvalue weighted by Crippen LogP contribution is 2.35. The summed E-state index contributed by atoms with van der Waals surface area (Å²) in [4.78, 5) is 10.9. The second kappa shape index (κ2) is 1.92.